The first-order valence-electron chi connectivity index (χ1n) is 10.8. The van der Waals surface area contributed by atoms with Crippen LogP contribution in [0.2, 0.25) is 0 Å². The largest absolute Gasteiger partial charge is 0.478 e. The fraction of sp³-hybridized carbons (Fsp3) is 0.0741. The Morgan fingerprint density at radius 1 is 0.909 bits per heavy atom. The second-order valence-electron chi connectivity index (χ2n) is 8.04. The van der Waals surface area contributed by atoms with Crippen molar-refractivity contribution in [2.75, 3.05) is 5.32 Å². The Bertz CT molecular complexity index is 1720. The maximum absolute atomic E-state index is 11.5. The number of anilines is 2. The van der Waals surface area contributed by atoms with E-state index < -0.39 is 5.97 Å². The van der Waals surface area contributed by atoms with Gasteiger partial charge in [0.2, 0.25) is 0 Å². The second kappa shape index (κ2) is 7.31. The number of aryl methyl sites for hydroxylation is 1. The zero-order chi connectivity index (χ0) is 22.5. The lowest BCUT2D eigenvalue weighted by Crippen LogP contribution is -1.99. The minimum atomic E-state index is -0.975. The number of carbonyl (C=O) groups is 1. The van der Waals surface area contributed by atoms with Crippen LogP contribution in [0.1, 0.15) is 17.3 Å². The van der Waals surface area contributed by atoms with Crippen LogP contribution in [0.5, 0.6) is 0 Å². The highest BCUT2D eigenvalue weighted by Crippen LogP contribution is 2.34. The van der Waals surface area contributed by atoms with E-state index in [0.29, 0.717) is 11.3 Å². The number of hydrogen-bond donors (Lipinski definition) is 2. The molecule has 160 valence electrons. The Kier molecular flexibility index (Phi) is 4.26. The number of rotatable bonds is 4. The highest BCUT2D eigenvalue weighted by atomic mass is 16.4. The van der Waals surface area contributed by atoms with Crippen LogP contribution in [0.25, 0.3) is 43.5 Å². The van der Waals surface area contributed by atoms with E-state index >= 15 is 0 Å². The van der Waals surface area contributed by atoms with Crippen LogP contribution < -0.4 is 5.32 Å². The van der Waals surface area contributed by atoms with Crippen molar-refractivity contribution in [2.24, 2.45) is 0 Å². The molecule has 6 aromatic rings. The van der Waals surface area contributed by atoms with Crippen LogP contribution in [0.15, 0.2) is 79.1 Å². The Labute approximate surface area is 189 Å². The van der Waals surface area contributed by atoms with Crippen LogP contribution in [0.3, 0.4) is 0 Å². The molecule has 0 atom stereocenters. The number of benzene rings is 3. The molecule has 0 unspecified atom stereocenters. The lowest BCUT2D eigenvalue weighted by atomic mass is 10.1. The van der Waals surface area contributed by atoms with E-state index in [4.69, 9.17) is 4.98 Å². The minimum absolute atomic E-state index is 0.206. The summed E-state index contributed by atoms with van der Waals surface area (Å²) in [5.74, 6) is -0.307. The summed E-state index contributed by atoms with van der Waals surface area (Å²) in [4.78, 5) is 20.6. The van der Waals surface area contributed by atoms with E-state index in [1.807, 2.05) is 6.07 Å². The quantitative estimate of drug-likeness (QED) is 0.317. The molecule has 3 heterocycles. The molecule has 0 bridgehead atoms. The molecule has 0 amide bonds. The van der Waals surface area contributed by atoms with Gasteiger partial charge in [0.1, 0.15) is 5.82 Å². The molecule has 6 rings (SSSR count). The summed E-state index contributed by atoms with van der Waals surface area (Å²) < 4.78 is 2.32. The van der Waals surface area contributed by atoms with Crippen LogP contribution >= 0.6 is 0 Å². The predicted octanol–water partition coefficient (Wildman–Crippen LogP) is 6.35. The minimum Gasteiger partial charge on any atom is -0.478 e. The van der Waals surface area contributed by atoms with Gasteiger partial charge in [-0.3, -0.25) is 4.98 Å². The van der Waals surface area contributed by atoms with Gasteiger partial charge in [-0.2, -0.15) is 0 Å². The maximum Gasteiger partial charge on any atom is 0.335 e. The summed E-state index contributed by atoms with van der Waals surface area (Å²) >= 11 is 0. The summed E-state index contributed by atoms with van der Waals surface area (Å²) in [5.41, 5.74) is 4.14. The van der Waals surface area contributed by atoms with Gasteiger partial charge in [-0.1, -0.05) is 24.3 Å². The number of fused-ring (bicyclic) bond motifs is 6. The molecule has 3 aromatic carbocycles. The lowest BCUT2D eigenvalue weighted by molar-refractivity contribution is 0.0697. The zero-order valence-corrected chi connectivity index (χ0v) is 17.9. The molecule has 0 spiro atoms. The van der Waals surface area contributed by atoms with Crippen molar-refractivity contribution >= 4 is 61.0 Å². The molecule has 6 nitrogen and oxygen atoms in total. The first kappa shape index (κ1) is 19.3. The molecular weight excluding hydrogens is 412 g/mol. The summed E-state index contributed by atoms with van der Waals surface area (Å²) in [6.45, 7) is 3.05. The average Bonchev–Trinajstić information content (AvgIpc) is 3.17. The Balaban J connectivity index is 1.54. The van der Waals surface area contributed by atoms with Gasteiger partial charge in [0.05, 0.1) is 11.1 Å². The summed E-state index contributed by atoms with van der Waals surface area (Å²) in [6.07, 6.45) is 3.54. The van der Waals surface area contributed by atoms with Crippen molar-refractivity contribution in [2.45, 2.75) is 13.5 Å². The molecule has 0 aliphatic carbocycles. The number of aromatic nitrogens is 3. The van der Waals surface area contributed by atoms with E-state index in [2.05, 4.69) is 64.3 Å². The zero-order valence-electron chi connectivity index (χ0n) is 17.9. The van der Waals surface area contributed by atoms with Gasteiger partial charge in [-0.05, 0) is 49.4 Å². The molecule has 3 aromatic heterocycles. The van der Waals surface area contributed by atoms with Crippen LogP contribution in [0, 0.1) is 0 Å². The fourth-order valence-electron chi connectivity index (χ4n) is 4.69. The number of carboxylic acids is 1. The first-order chi connectivity index (χ1) is 16.1. The van der Waals surface area contributed by atoms with Gasteiger partial charge in [-0.15, -0.1) is 0 Å². The Morgan fingerprint density at radius 3 is 2.61 bits per heavy atom. The molecule has 0 saturated heterocycles. The standard InChI is InChI=1S/C27H20N4O2/c1-2-31-24-6-4-3-5-19(24)21-14-17(8-10-25(21)31)29-26-20-11-12-28-15-22(20)18-9-7-16(27(32)33)13-23(18)30-26/h3-15H,2H2,1H3,(H,29,30)(H,32,33). The molecule has 0 aliphatic rings. The monoisotopic (exact) mass is 432 g/mol. The fourth-order valence-corrected chi connectivity index (χ4v) is 4.69. The number of para-hydroxylation sites is 1. The Hall–Kier alpha value is -4.45. The van der Waals surface area contributed by atoms with Gasteiger partial charge in [0.15, 0.2) is 0 Å². The number of hydrogen-bond acceptors (Lipinski definition) is 4. The average molecular weight is 432 g/mol. The number of nitrogens with zero attached hydrogens (tertiary/aromatic N) is 3. The first-order valence-corrected chi connectivity index (χ1v) is 10.8. The summed E-state index contributed by atoms with van der Waals surface area (Å²) in [6, 6.07) is 21.7. The summed E-state index contributed by atoms with van der Waals surface area (Å²) in [5, 5.41) is 18.0. The molecule has 0 radical (unpaired) electrons. The van der Waals surface area contributed by atoms with Gasteiger partial charge < -0.3 is 15.0 Å². The molecule has 0 saturated carbocycles. The van der Waals surface area contributed by atoms with Gasteiger partial charge in [-0.25, -0.2) is 9.78 Å². The smallest absolute Gasteiger partial charge is 0.335 e. The number of pyridine rings is 2. The molecular formula is C27H20N4O2. The van der Waals surface area contributed by atoms with Gasteiger partial charge in [0.25, 0.3) is 0 Å². The van der Waals surface area contributed by atoms with Crippen molar-refractivity contribution in [3.8, 4) is 0 Å². The maximum atomic E-state index is 11.5. The van der Waals surface area contributed by atoms with Crippen LogP contribution in [-0.2, 0) is 6.54 Å². The van der Waals surface area contributed by atoms with E-state index in [1.54, 1.807) is 30.6 Å². The third-order valence-electron chi connectivity index (χ3n) is 6.19. The van der Waals surface area contributed by atoms with E-state index in [0.717, 1.165) is 28.4 Å². The molecule has 6 heteroatoms. The topological polar surface area (TPSA) is 80.0 Å². The number of nitrogens with one attached hydrogen (secondary N) is 1. The van der Waals surface area contributed by atoms with Gasteiger partial charge >= 0.3 is 5.97 Å². The SMILES string of the molecule is CCn1c2ccccc2c2cc(Nc3nc4cc(C(=O)O)ccc4c4cnccc34)ccc21. The third kappa shape index (κ3) is 2.99. The number of carboxylic acid groups (broad SMARTS) is 1. The van der Waals surface area contributed by atoms with Crippen LogP contribution in [-0.4, -0.2) is 25.6 Å². The van der Waals surface area contributed by atoms with E-state index in [9.17, 15) is 9.90 Å². The lowest BCUT2D eigenvalue weighted by Gasteiger charge is -2.12. The summed E-state index contributed by atoms with van der Waals surface area (Å²) in [7, 11) is 0. The van der Waals surface area contributed by atoms with E-state index in [-0.39, 0.29) is 5.56 Å². The van der Waals surface area contributed by atoms with Crippen LogP contribution in [0.4, 0.5) is 11.5 Å². The van der Waals surface area contributed by atoms with Gasteiger partial charge in [0, 0.05) is 62.6 Å². The third-order valence-corrected chi connectivity index (χ3v) is 6.19. The normalized spacial score (nSPS) is 11.5. The van der Waals surface area contributed by atoms with Crippen molar-refractivity contribution in [3.05, 3.63) is 84.7 Å². The molecule has 0 fully saturated rings. The molecule has 0 aliphatic heterocycles. The molecule has 33 heavy (non-hydrogen) atoms. The van der Waals surface area contributed by atoms with Crippen molar-refractivity contribution in [1.82, 2.24) is 14.5 Å². The second-order valence-corrected chi connectivity index (χ2v) is 8.04. The Morgan fingerprint density at radius 2 is 1.76 bits per heavy atom. The predicted molar refractivity (Wildman–Crippen MR) is 132 cm³/mol. The highest BCUT2D eigenvalue weighted by Gasteiger charge is 2.13. The van der Waals surface area contributed by atoms with Crippen molar-refractivity contribution in [1.29, 1.82) is 0 Å². The highest BCUT2D eigenvalue weighted by molar-refractivity contribution is 6.12. The van der Waals surface area contributed by atoms with E-state index in [1.165, 1.54) is 21.8 Å². The number of aromatic carboxylic acids is 1. The van der Waals surface area contributed by atoms with Crippen molar-refractivity contribution in [3.63, 3.8) is 0 Å². The van der Waals surface area contributed by atoms with Crippen molar-refractivity contribution < 1.29 is 9.90 Å². The molecule has 2 N–H and O–H groups in total.